The molecule has 0 radical (unpaired) electrons. The van der Waals surface area contributed by atoms with Crippen LogP contribution < -0.4 is 11.1 Å². The quantitative estimate of drug-likeness (QED) is 0.857. The van der Waals surface area contributed by atoms with E-state index in [0.717, 1.165) is 17.7 Å². The van der Waals surface area contributed by atoms with Crippen molar-refractivity contribution in [1.82, 2.24) is 0 Å². The van der Waals surface area contributed by atoms with Gasteiger partial charge in [0.2, 0.25) is 0 Å². The van der Waals surface area contributed by atoms with Crippen molar-refractivity contribution in [3.8, 4) is 0 Å². The van der Waals surface area contributed by atoms with Crippen molar-refractivity contribution in [2.75, 3.05) is 5.32 Å². The van der Waals surface area contributed by atoms with Crippen LogP contribution in [0.2, 0.25) is 0 Å². The summed E-state index contributed by atoms with van der Waals surface area (Å²) in [6, 6.07) is 8.25. The first kappa shape index (κ1) is 15.1. The lowest BCUT2D eigenvalue weighted by Gasteiger charge is -2.13. The molecule has 0 aliphatic carbocycles. The summed E-state index contributed by atoms with van der Waals surface area (Å²) < 4.78 is 27.2. The van der Waals surface area contributed by atoms with E-state index in [1.54, 1.807) is 25.1 Å². The Morgan fingerprint density at radius 1 is 1.10 bits per heavy atom. The highest BCUT2D eigenvalue weighted by molar-refractivity contribution is 7.80. The second kappa shape index (κ2) is 5.97. The van der Waals surface area contributed by atoms with Crippen molar-refractivity contribution in [3.05, 3.63) is 64.7 Å². The Labute approximate surface area is 125 Å². The number of halogens is 2. The van der Waals surface area contributed by atoms with Crippen LogP contribution in [0.4, 0.5) is 14.5 Å². The fourth-order valence-electron chi connectivity index (χ4n) is 2.00. The van der Waals surface area contributed by atoms with Gasteiger partial charge in [-0.3, -0.25) is 4.79 Å². The van der Waals surface area contributed by atoms with Crippen molar-refractivity contribution in [1.29, 1.82) is 0 Å². The van der Waals surface area contributed by atoms with Crippen LogP contribution in [0, 0.1) is 18.6 Å². The van der Waals surface area contributed by atoms with Gasteiger partial charge in [0.25, 0.3) is 5.91 Å². The average molecular weight is 306 g/mol. The predicted octanol–water partition coefficient (Wildman–Crippen LogP) is 3.16. The summed E-state index contributed by atoms with van der Waals surface area (Å²) in [4.78, 5) is 12.2. The van der Waals surface area contributed by atoms with Gasteiger partial charge in [0.15, 0.2) is 0 Å². The third kappa shape index (κ3) is 3.05. The van der Waals surface area contributed by atoms with Gasteiger partial charge < -0.3 is 11.1 Å². The van der Waals surface area contributed by atoms with Crippen LogP contribution in [-0.2, 0) is 0 Å². The van der Waals surface area contributed by atoms with Crippen LogP contribution in [0.5, 0.6) is 0 Å². The Kier molecular flexibility index (Phi) is 4.28. The second-order valence-electron chi connectivity index (χ2n) is 4.41. The van der Waals surface area contributed by atoms with Gasteiger partial charge in [-0.05, 0) is 30.7 Å². The summed E-state index contributed by atoms with van der Waals surface area (Å²) in [6.45, 7) is 1.77. The van der Waals surface area contributed by atoms with Crippen molar-refractivity contribution in [2.45, 2.75) is 6.92 Å². The topological polar surface area (TPSA) is 55.1 Å². The van der Waals surface area contributed by atoms with Crippen molar-refractivity contribution in [3.63, 3.8) is 0 Å². The zero-order valence-electron chi connectivity index (χ0n) is 11.1. The van der Waals surface area contributed by atoms with E-state index >= 15 is 0 Å². The van der Waals surface area contributed by atoms with Crippen LogP contribution in [0.3, 0.4) is 0 Å². The van der Waals surface area contributed by atoms with Gasteiger partial charge in [-0.2, -0.15) is 0 Å². The van der Waals surface area contributed by atoms with Gasteiger partial charge in [-0.25, -0.2) is 8.78 Å². The number of hydrogen-bond acceptors (Lipinski definition) is 2. The first-order valence-electron chi connectivity index (χ1n) is 6.06. The average Bonchev–Trinajstić information content (AvgIpc) is 2.37. The maximum Gasteiger partial charge on any atom is 0.261 e. The molecule has 21 heavy (non-hydrogen) atoms. The second-order valence-corrected chi connectivity index (χ2v) is 4.85. The first-order valence-corrected chi connectivity index (χ1v) is 6.47. The van der Waals surface area contributed by atoms with E-state index in [1.165, 1.54) is 6.07 Å². The lowest BCUT2D eigenvalue weighted by molar-refractivity contribution is 0.101. The number of amides is 1. The lowest BCUT2D eigenvalue weighted by atomic mass is 10.1. The molecule has 0 unspecified atom stereocenters. The van der Waals surface area contributed by atoms with Crippen molar-refractivity contribution >= 4 is 28.8 Å². The maximum absolute atomic E-state index is 13.6. The van der Waals surface area contributed by atoms with E-state index in [2.05, 4.69) is 5.32 Å². The molecule has 0 fully saturated rings. The van der Waals surface area contributed by atoms with E-state index in [-0.39, 0.29) is 4.99 Å². The summed E-state index contributed by atoms with van der Waals surface area (Å²) >= 11 is 4.94. The minimum atomic E-state index is -0.933. The first-order chi connectivity index (χ1) is 9.91. The minimum Gasteiger partial charge on any atom is -0.389 e. The number of nitrogens with two attached hydrogens (primary N) is 1. The highest BCUT2D eigenvalue weighted by Crippen LogP contribution is 2.21. The largest absolute Gasteiger partial charge is 0.389 e. The standard InChI is InChI=1S/C15H12F2N2OS/c1-8-4-2-7-11(12(8)14(18)21)19-15(20)13-9(16)5-3-6-10(13)17/h2-7H,1H3,(H2,18,21)(H,19,20). The molecule has 108 valence electrons. The molecule has 1 amide bonds. The predicted molar refractivity (Wildman–Crippen MR) is 81.4 cm³/mol. The van der Waals surface area contributed by atoms with Gasteiger partial charge in [-0.1, -0.05) is 30.4 Å². The highest BCUT2D eigenvalue weighted by atomic mass is 32.1. The Bertz CT molecular complexity index is 711. The molecular weight excluding hydrogens is 294 g/mol. The highest BCUT2D eigenvalue weighted by Gasteiger charge is 2.19. The number of benzene rings is 2. The van der Waals surface area contributed by atoms with Gasteiger partial charge in [0.05, 0.1) is 5.69 Å². The molecule has 3 N–H and O–H groups in total. The van der Waals surface area contributed by atoms with E-state index in [9.17, 15) is 13.6 Å². The van der Waals surface area contributed by atoms with Gasteiger partial charge in [0, 0.05) is 5.56 Å². The molecule has 2 aromatic rings. The fourth-order valence-corrected chi connectivity index (χ4v) is 2.27. The Hall–Kier alpha value is -2.34. The molecule has 2 aromatic carbocycles. The normalized spacial score (nSPS) is 10.2. The SMILES string of the molecule is Cc1cccc(NC(=O)c2c(F)cccc2F)c1C(N)=S. The van der Waals surface area contributed by atoms with Crippen LogP contribution in [0.25, 0.3) is 0 Å². The number of thiocarbonyl (C=S) groups is 1. The number of anilines is 1. The smallest absolute Gasteiger partial charge is 0.261 e. The van der Waals surface area contributed by atoms with Crippen LogP contribution in [0.1, 0.15) is 21.5 Å². The number of aryl methyl sites for hydroxylation is 1. The molecular formula is C15H12F2N2OS. The molecule has 0 atom stereocenters. The van der Waals surface area contributed by atoms with Crippen molar-refractivity contribution in [2.24, 2.45) is 5.73 Å². The van der Waals surface area contributed by atoms with Crippen LogP contribution in [-0.4, -0.2) is 10.9 Å². The van der Waals surface area contributed by atoms with Crippen molar-refractivity contribution < 1.29 is 13.6 Å². The molecule has 0 aliphatic heterocycles. The molecule has 0 aromatic heterocycles. The zero-order valence-corrected chi connectivity index (χ0v) is 11.9. The maximum atomic E-state index is 13.6. The number of nitrogens with one attached hydrogen (secondary N) is 1. The summed E-state index contributed by atoms with van der Waals surface area (Å²) in [5.74, 6) is -2.76. The summed E-state index contributed by atoms with van der Waals surface area (Å²) in [5, 5.41) is 2.44. The third-order valence-corrected chi connectivity index (χ3v) is 3.16. The number of carbonyl (C=O) groups excluding carboxylic acids is 1. The molecule has 3 nitrogen and oxygen atoms in total. The minimum absolute atomic E-state index is 0.0948. The Balaban J connectivity index is 2.42. The Morgan fingerprint density at radius 3 is 2.24 bits per heavy atom. The molecule has 6 heteroatoms. The van der Waals surface area contributed by atoms with E-state index in [1.807, 2.05) is 0 Å². The number of hydrogen-bond donors (Lipinski definition) is 2. The van der Waals surface area contributed by atoms with E-state index in [4.69, 9.17) is 18.0 Å². The number of carbonyl (C=O) groups is 1. The van der Waals surface area contributed by atoms with Gasteiger partial charge >= 0.3 is 0 Å². The molecule has 0 aliphatic rings. The zero-order chi connectivity index (χ0) is 15.6. The molecule has 0 heterocycles. The van der Waals surface area contributed by atoms with Crippen LogP contribution >= 0.6 is 12.2 Å². The molecule has 2 rings (SSSR count). The molecule has 0 saturated heterocycles. The number of rotatable bonds is 3. The monoisotopic (exact) mass is 306 g/mol. The molecule has 0 spiro atoms. The Morgan fingerprint density at radius 2 is 1.67 bits per heavy atom. The van der Waals surface area contributed by atoms with E-state index in [0.29, 0.717) is 11.3 Å². The fraction of sp³-hybridized carbons (Fsp3) is 0.0667. The van der Waals surface area contributed by atoms with E-state index < -0.39 is 23.1 Å². The van der Waals surface area contributed by atoms with Gasteiger partial charge in [0.1, 0.15) is 22.2 Å². The lowest BCUT2D eigenvalue weighted by Crippen LogP contribution is -2.20. The molecule has 0 saturated carbocycles. The van der Waals surface area contributed by atoms with Gasteiger partial charge in [-0.15, -0.1) is 0 Å². The molecule has 0 bridgehead atoms. The summed E-state index contributed by atoms with van der Waals surface area (Å²) in [5.41, 5.74) is 6.52. The van der Waals surface area contributed by atoms with Crippen LogP contribution in [0.15, 0.2) is 36.4 Å². The summed E-state index contributed by atoms with van der Waals surface area (Å²) in [6.07, 6.45) is 0. The third-order valence-electron chi connectivity index (χ3n) is 2.96. The summed E-state index contributed by atoms with van der Waals surface area (Å²) in [7, 11) is 0.